The zero-order valence-corrected chi connectivity index (χ0v) is 16.0. The molecule has 3 rings (SSSR count). The molecular weight excluding hydrogens is 441 g/mol. The molecule has 0 radical (unpaired) electrons. The van der Waals surface area contributed by atoms with Crippen molar-refractivity contribution in [2.24, 2.45) is 0 Å². The number of hydrogen-bond acceptors (Lipinski definition) is 2. The van der Waals surface area contributed by atoms with Gasteiger partial charge >= 0.3 is 0 Å². The van der Waals surface area contributed by atoms with Crippen LogP contribution in [-0.2, 0) is 14.9 Å². The number of anilines is 1. The summed E-state index contributed by atoms with van der Waals surface area (Å²) in [6.45, 7) is 1.01. The summed E-state index contributed by atoms with van der Waals surface area (Å²) in [4.78, 5) is 13.1. The minimum absolute atomic E-state index is 0.186. The van der Waals surface area contributed by atoms with Crippen LogP contribution in [0.1, 0.15) is 18.4 Å². The Labute approximate surface area is 156 Å². The van der Waals surface area contributed by atoms with Gasteiger partial charge in [0.25, 0.3) is 0 Å². The molecule has 0 aliphatic carbocycles. The van der Waals surface area contributed by atoms with Gasteiger partial charge in [0, 0.05) is 22.2 Å². The lowest BCUT2D eigenvalue weighted by atomic mass is 9.73. The van der Waals surface area contributed by atoms with Gasteiger partial charge in [-0.05, 0) is 48.7 Å². The molecule has 1 aliphatic heterocycles. The zero-order chi connectivity index (χ0) is 17.2. The van der Waals surface area contributed by atoms with E-state index in [0.29, 0.717) is 30.5 Å². The lowest BCUT2D eigenvalue weighted by molar-refractivity contribution is -0.125. The van der Waals surface area contributed by atoms with E-state index in [4.69, 9.17) is 4.74 Å². The molecule has 1 amide bonds. The maximum absolute atomic E-state index is 14.1. The Balaban J connectivity index is 1.93. The van der Waals surface area contributed by atoms with E-state index < -0.39 is 11.2 Å². The number of carbonyl (C=O) groups excluding carboxylic acids is 1. The Hall–Kier alpha value is -1.24. The summed E-state index contributed by atoms with van der Waals surface area (Å²) in [5.74, 6) is -0.662. The molecule has 24 heavy (non-hydrogen) atoms. The molecule has 1 saturated heterocycles. The summed E-state index contributed by atoms with van der Waals surface area (Å²) in [7, 11) is 0. The second-order valence-electron chi connectivity index (χ2n) is 5.78. The van der Waals surface area contributed by atoms with Crippen molar-refractivity contribution in [1.82, 2.24) is 0 Å². The maximum Gasteiger partial charge on any atom is 0.235 e. The van der Waals surface area contributed by atoms with E-state index in [0.717, 1.165) is 10.0 Å². The molecule has 0 unspecified atom stereocenters. The summed E-state index contributed by atoms with van der Waals surface area (Å²) in [6.07, 6.45) is 1.14. The average molecular weight is 457 g/mol. The second kappa shape index (κ2) is 7.33. The average Bonchev–Trinajstić information content (AvgIpc) is 2.58. The van der Waals surface area contributed by atoms with Crippen LogP contribution < -0.4 is 5.32 Å². The van der Waals surface area contributed by atoms with Crippen molar-refractivity contribution in [2.45, 2.75) is 18.3 Å². The number of rotatable bonds is 3. The van der Waals surface area contributed by atoms with Gasteiger partial charge in [0.15, 0.2) is 0 Å². The zero-order valence-electron chi connectivity index (χ0n) is 12.8. The fourth-order valence-corrected chi connectivity index (χ4v) is 3.57. The SMILES string of the molecule is O=C(Nc1ccc(Br)cc1F)C1(c2ccc(Br)cc2)CCOCC1. The Morgan fingerprint density at radius 3 is 2.29 bits per heavy atom. The molecule has 1 fully saturated rings. The normalized spacial score (nSPS) is 16.6. The number of carbonyl (C=O) groups is 1. The predicted molar refractivity (Wildman–Crippen MR) is 98.6 cm³/mol. The van der Waals surface area contributed by atoms with Crippen molar-refractivity contribution in [2.75, 3.05) is 18.5 Å². The highest BCUT2D eigenvalue weighted by molar-refractivity contribution is 9.10. The maximum atomic E-state index is 14.1. The number of hydrogen-bond donors (Lipinski definition) is 1. The quantitative estimate of drug-likeness (QED) is 0.702. The van der Waals surface area contributed by atoms with E-state index in [1.54, 1.807) is 12.1 Å². The monoisotopic (exact) mass is 455 g/mol. The van der Waals surface area contributed by atoms with Gasteiger partial charge in [-0.25, -0.2) is 4.39 Å². The number of amides is 1. The van der Waals surface area contributed by atoms with Gasteiger partial charge in [0.1, 0.15) is 5.82 Å². The third-order valence-corrected chi connectivity index (χ3v) is 5.38. The van der Waals surface area contributed by atoms with Crippen molar-refractivity contribution in [1.29, 1.82) is 0 Å². The lowest BCUT2D eigenvalue weighted by Crippen LogP contribution is -2.45. The highest BCUT2D eigenvalue weighted by Crippen LogP contribution is 2.37. The standard InChI is InChI=1S/C18H16Br2FNO2/c19-13-3-1-12(2-4-13)18(7-9-24-10-8-18)17(23)22-16-6-5-14(20)11-15(16)21/h1-6,11H,7-10H2,(H,22,23). The number of ether oxygens (including phenoxy) is 1. The van der Waals surface area contributed by atoms with Gasteiger partial charge < -0.3 is 10.1 Å². The molecule has 1 N–H and O–H groups in total. The molecule has 0 atom stereocenters. The van der Waals surface area contributed by atoms with E-state index >= 15 is 0 Å². The minimum atomic E-state index is -0.710. The second-order valence-corrected chi connectivity index (χ2v) is 7.61. The van der Waals surface area contributed by atoms with Gasteiger partial charge in [0.05, 0.1) is 11.1 Å². The van der Waals surface area contributed by atoms with Crippen molar-refractivity contribution in [3.63, 3.8) is 0 Å². The van der Waals surface area contributed by atoms with E-state index in [2.05, 4.69) is 37.2 Å². The third-order valence-electron chi connectivity index (χ3n) is 4.36. The van der Waals surface area contributed by atoms with Crippen LogP contribution in [-0.4, -0.2) is 19.1 Å². The first kappa shape index (κ1) is 17.6. The van der Waals surface area contributed by atoms with Gasteiger partial charge in [-0.3, -0.25) is 4.79 Å². The number of benzene rings is 2. The van der Waals surface area contributed by atoms with Crippen LogP contribution in [0.3, 0.4) is 0 Å². The number of nitrogens with one attached hydrogen (secondary N) is 1. The number of halogens is 3. The van der Waals surface area contributed by atoms with Crippen LogP contribution in [0, 0.1) is 5.82 Å². The minimum Gasteiger partial charge on any atom is -0.381 e. The smallest absolute Gasteiger partial charge is 0.235 e. The molecule has 0 spiro atoms. The first-order valence-corrected chi connectivity index (χ1v) is 9.20. The highest BCUT2D eigenvalue weighted by Gasteiger charge is 2.41. The van der Waals surface area contributed by atoms with E-state index in [-0.39, 0.29) is 11.6 Å². The summed E-state index contributed by atoms with van der Waals surface area (Å²) in [5.41, 5.74) is 0.397. The Bertz CT molecular complexity index is 743. The van der Waals surface area contributed by atoms with Crippen LogP contribution in [0.15, 0.2) is 51.4 Å². The highest BCUT2D eigenvalue weighted by atomic mass is 79.9. The largest absolute Gasteiger partial charge is 0.381 e. The summed E-state index contributed by atoms with van der Waals surface area (Å²) >= 11 is 6.63. The topological polar surface area (TPSA) is 38.3 Å². The molecule has 1 aliphatic rings. The van der Waals surface area contributed by atoms with Gasteiger partial charge in [-0.15, -0.1) is 0 Å². The van der Waals surface area contributed by atoms with Crippen LogP contribution in [0.4, 0.5) is 10.1 Å². The fraction of sp³-hybridized carbons (Fsp3) is 0.278. The molecule has 0 saturated carbocycles. The van der Waals surface area contributed by atoms with Crippen LogP contribution in [0.5, 0.6) is 0 Å². The van der Waals surface area contributed by atoms with Gasteiger partial charge in [-0.2, -0.15) is 0 Å². The molecule has 3 nitrogen and oxygen atoms in total. The van der Waals surface area contributed by atoms with E-state index in [1.165, 1.54) is 6.07 Å². The first-order chi connectivity index (χ1) is 11.5. The van der Waals surface area contributed by atoms with Crippen molar-refractivity contribution in [3.05, 3.63) is 62.8 Å². The van der Waals surface area contributed by atoms with Crippen molar-refractivity contribution >= 4 is 43.5 Å². The van der Waals surface area contributed by atoms with Gasteiger partial charge in [-0.1, -0.05) is 44.0 Å². The summed E-state index contributed by atoms with van der Waals surface area (Å²) in [5, 5.41) is 2.76. The third kappa shape index (κ3) is 3.55. The Kier molecular flexibility index (Phi) is 5.37. The molecule has 1 heterocycles. The fourth-order valence-electron chi connectivity index (χ4n) is 2.97. The Morgan fingerprint density at radius 2 is 1.67 bits per heavy atom. The molecular formula is C18H16Br2FNO2. The molecule has 2 aromatic rings. The molecule has 2 aromatic carbocycles. The molecule has 126 valence electrons. The van der Waals surface area contributed by atoms with Crippen molar-refractivity contribution in [3.8, 4) is 0 Å². The first-order valence-electron chi connectivity index (χ1n) is 7.61. The molecule has 0 aromatic heterocycles. The summed E-state index contributed by atoms with van der Waals surface area (Å²) < 4.78 is 21.1. The van der Waals surface area contributed by atoms with Crippen molar-refractivity contribution < 1.29 is 13.9 Å². The Morgan fingerprint density at radius 1 is 1.04 bits per heavy atom. The van der Waals surface area contributed by atoms with Gasteiger partial charge in [0.2, 0.25) is 5.91 Å². The van der Waals surface area contributed by atoms with Crippen LogP contribution >= 0.6 is 31.9 Å². The van der Waals surface area contributed by atoms with Crippen LogP contribution in [0.25, 0.3) is 0 Å². The molecule has 6 heteroatoms. The molecule has 0 bridgehead atoms. The van der Waals surface area contributed by atoms with E-state index in [1.807, 2.05) is 24.3 Å². The van der Waals surface area contributed by atoms with Crippen LogP contribution in [0.2, 0.25) is 0 Å². The van der Waals surface area contributed by atoms with E-state index in [9.17, 15) is 9.18 Å². The summed E-state index contributed by atoms with van der Waals surface area (Å²) in [6, 6.07) is 12.3. The predicted octanol–water partition coefficient (Wildman–Crippen LogP) is 5.04. The lowest BCUT2D eigenvalue weighted by Gasteiger charge is -2.36.